The molecule has 0 aromatic carbocycles. The van der Waals surface area contributed by atoms with Crippen molar-refractivity contribution in [1.82, 2.24) is 10.2 Å². The minimum Gasteiger partial charge on any atom is -0.378 e. The monoisotopic (exact) mass is 226 g/mol. The quantitative estimate of drug-likeness (QED) is 0.764. The van der Waals surface area contributed by atoms with Gasteiger partial charge in [0.25, 0.3) is 0 Å². The van der Waals surface area contributed by atoms with Crippen LogP contribution < -0.4 is 5.32 Å². The minimum atomic E-state index is 0.139. The number of ether oxygens (including phenoxy) is 1. The summed E-state index contributed by atoms with van der Waals surface area (Å²) in [5, 5.41) is 3.32. The Morgan fingerprint density at radius 1 is 1.44 bits per heavy atom. The summed E-state index contributed by atoms with van der Waals surface area (Å²) in [6, 6.07) is 0.427. The van der Waals surface area contributed by atoms with Gasteiger partial charge in [0.2, 0.25) is 5.91 Å². The average molecular weight is 226 g/mol. The summed E-state index contributed by atoms with van der Waals surface area (Å²) in [6.45, 7) is 4.76. The molecule has 0 aromatic rings. The van der Waals surface area contributed by atoms with Crippen LogP contribution in [0.5, 0.6) is 0 Å². The maximum Gasteiger partial charge on any atom is 0.228 e. The summed E-state index contributed by atoms with van der Waals surface area (Å²) in [7, 11) is 1.94. The average Bonchev–Trinajstić information content (AvgIpc) is 3.08. The Balaban J connectivity index is 1.80. The molecule has 0 radical (unpaired) electrons. The van der Waals surface area contributed by atoms with Gasteiger partial charge in [0.05, 0.1) is 12.0 Å². The third-order valence-corrected chi connectivity index (χ3v) is 3.63. The fourth-order valence-electron chi connectivity index (χ4n) is 2.47. The topological polar surface area (TPSA) is 41.6 Å². The summed E-state index contributed by atoms with van der Waals surface area (Å²) in [6.07, 6.45) is 3.27. The lowest BCUT2D eigenvalue weighted by Crippen LogP contribution is -2.44. The zero-order chi connectivity index (χ0) is 11.5. The molecule has 0 aromatic heterocycles. The Bertz CT molecular complexity index is 251. The molecule has 2 rings (SSSR count). The van der Waals surface area contributed by atoms with Gasteiger partial charge in [-0.2, -0.15) is 0 Å². The van der Waals surface area contributed by atoms with Gasteiger partial charge in [0, 0.05) is 19.7 Å². The van der Waals surface area contributed by atoms with Gasteiger partial charge in [-0.3, -0.25) is 4.79 Å². The first-order valence-electron chi connectivity index (χ1n) is 6.33. The molecular weight excluding hydrogens is 204 g/mol. The van der Waals surface area contributed by atoms with Crippen molar-refractivity contribution < 1.29 is 9.53 Å². The van der Waals surface area contributed by atoms with Crippen molar-refractivity contribution >= 4 is 5.91 Å². The number of piperidine rings is 1. The van der Waals surface area contributed by atoms with Crippen LogP contribution in [-0.2, 0) is 9.53 Å². The van der Waals surface area contributed by atoms with Gasteiger partial charge in [0.15, 0.2) is 0 Å². The molecule has 4 nitrogen and oxygen atoms in total. The highest BCUT2D eigenvalue weighted by Crippen LogP contribution is 2.35. The van der Waals surface area contributed by atoms with E-state index in [1.54, 1.807) is 0 Å². The highest BCUT2D eigenvalue weighted by Gasteiger charge is 2.46. The lowest BCUT2D eigenvalue weighted by molar-refractivity contribution is -0.134. The second kappa shape index (κ2) is 5.15. The van der Waals surface area contributed by atoms with Crippen LogP contribution in [0.4, 0.5) is 0 Å². The number of rotatable bonds is 4. The first-order chi connectivity index (χ1) is 7.74. The van der Waals surface area contributed by atoms with E-state index in [9.17, 15) is 4.79 Å². The number of hydrogen-bond donors (Lipinski definition) is 1. The molecular formula is C12H22N2O2. The standard InChI is InChI=1S/C12H22N2O2/c1-3-16-11-8-10(11)12(15)14(2)9-4-6-13-7-5-9/h9-11,13H,3-8H2,1-2H3. The molecule has 2 atom stereocenters. The molecule has 0 bridgehead atoms. The lowest BCUT2D eigenvalue weighted by atomic mass is 10.0. The lowest BCUT2D eigenvalue weighted by Gasteiger charge is -2.31. The van der Waals surface area contributed by atoms with E-state index in [1.165, 1.54) is 0 Å². The molecule has 4 heteroatoms. The van der Waals surface area contributed by atoms with E-state index in [0.717, 1.165) is 32.4 Å². The summed E-state index contributed by atoms with van der Waals surface area (Å²) in [5.74, 6) is 0.421. The van der Waals surface area contributed by atoms with Crippen LogP contribution in [0, 0.1) is 5.92 Å². The first-order valence-corrected chi connectivity index (χ1v) is 6.33. The zero-order valence-corrected chi connectivity index (χ0v) is 10.2. The van der Waals surface area contributed by atoms with Crippen LogP contribution in [0.1, 0.15) is 26.2 Å². The Kier molecular flexibility index (Phi) is 3.82. The molecule has 2 aliphatic rings. The summed E-state index contributed by atoms with van der Waals surface area (Å²) in [4.78, 5) is 14.1. The fourth-order valence-corrected chi connectivity index (χ4v) is 2.47. The fraction of sp³-hybridized carbons (Fsp3) is 0.917. The second-order valence-corrected chi connectivity index (χ2v) is 4.77. The minimum absolute atomic E-state index is 0.139. The van der Waals surface area contributed by atoms with Gasteiger partial charge >= 0.3 is 0 Å². The molecule has 1 amide bonds. The number of carbonyl (C=O) groups is 1. The van der Waals surface area contributed by atoms with E-state index in [-0.39, 0.29) is 17.9 Å². The van der Waals surface area contributed by atoms with Gasteiger partial charge in [-0.05, 0) is 39.3 Å². The van der Waals surface area contributed by atoms with Gasteiger partial charge in [0.1, 0.15) is 0 Å². The second-order valence-electron chi connectivity index (χ2n) is 4.77. The molecule has 1 saturated heterocycles. The molecule has 0 spiro atoms. The summed E-state index contributed by atoms with van der Waals surface area (Å²) in [5.41, 5.74) is 0. The van der Waals surface area contributed by atoms with E-state index in [0.29, 0.717) is 12.6 Å². The highest BCUT2D eigenvalue weighted by atomic mass is 16.5. The number of carbonyl (C=O) groups excluding carboxylic acids is 1. The van der Waals surface area contributed by atoms with Crippen LogP contribution in [0.3, 0.4) is 0 Å². The Morgan fingerprint density at radius 3 is 2.75 bits per heavy atom. The predicted octanol–water partition coefficient (Wildman–Crippen LogP) is 0.622. The third kappa shape index (κ3) is 2.55. The van der Waals surface area contributed by atoms with E-state index in [4.69, 9.17) is 4.74 Å². The van der Waals surface area contributed by atoms with Crippen molar-refractivity contribution in [3.8, 4) is 0 Å². The smallest absolute Gasteiger partial charge is 0.228 e. The van der Waals surface area contributed by atoms with Crippen molar-refractivity contribution in [2.24, 2.45) is 5.92 Å². The van der Waals surface area contributed by atoms with Crippen LogP contribution in [-0.4, -0.2) is 49.7 Å². The van der Waals surface area contributed by atoms with Crippen LogP contribution >= 0.6 is 0 Å². The van der Waals surface area contributed by atoms with Gasteiger partial charge in [-0.15, -0.1) is 0 Å². The molecule has 2 unspecified atom stereocenters. The number of nitrogens with one attached hydrogen (secondary N) is 1. The van der Waals surface area contributed by atoms with Crippen molar-refractivity contribution in [2.75, 3.05) is 26.7 Å². The molecule has 2 fully saturated rings. The van der Waals surface area contributed by atoms with Gasteiger partial charge in [-0.25, -0.2) is 0 Å². The number of nitrogens with zero attached hydrogens (tertiary/aromatic N) is 1. The van der Waals surface area contributed by atoms with E-state index in [1.807, 2.05) is 18.9 Å². The van der Waals surface area contributed by atoms with Crippen molar-refractivity contribution in [2.45, 2.75) is 38.3 Å². The van der Waals surface area contributed by atoms with Crippen molar-refractivity contribution in [3.05, 3.63) is 0 Å². The maximum atomic E-state index is 12.1. The van der Waals surface area contributed by atoms with E-state index < -0.39 is 0 Å². The first kappa shape index (κ1) is 11.9. The molecule has 1 N–H and O–H groups in total. The molecule has 16 heavy (non-hydrogen) atoms. The van der Waals surface area contributed by atoms with Crippen LogP contribution in [0.25, 0.3) is 0 Å². The maximum absolute atomic E-state index is 12.1. The molecule has 1 saturated carbocycles. The number of hydrogen-bond acceptors (Lipinski definition) is 3. The Hall–Kier alpha value is -0.610. The normalized spacial score (nSPS) is 30.1. The number of amides is 1. The van der Waals surface area contributed by atoms with Gasteiger partial charge in [-0.1, -0.05) is 0 Å². The Labute approximate surface area is 97.3 Å². The van der Waals surface area contributed by atoms with E-state index in [2.05, 4.69) is 5.32 Å². The molecule has 1 aliphatic heterocycles. The molecule has 1 aliphatic carbocycles. The summed E-state index contributed by atoms with van der Waals surface area (Å²) < 4.78 is 5.46. The van der Waals surface area contributed by atoms with E-state index >= 15 is 0 Å². The van der Waals surface area contributed by atoms with Crippen molar-refractivity contribution in [3.63, 3.8) is 0 Å². The van der Waals surface area contributed by atoms with Gasteiger partial charge < -0.3 is 15.0 Å². The zero-order valence-electron chi connectivity index (χ0n) is 10.2. The van der Waals surface area contributed by atoms with Crippen LogP contribution in [0.15, 0.2) is 0 Å². The largest absolute Gasteiger partial charge is 0.378 e. The molecule has 92 valence electrons. The van der Waals surface area contributed by atoms with Crippen molar-refractivity contribution in [1.29, 1.82) is 0 Å². The SMILES string of the molecule is CCOC1CC1C(=O)N(C)C1CCNCC1. The van der Waals surface area contributed by atoms with Crippen LogP contribution in [0.2, 0.25) is 0 Å². The highest BCUT2D eigenvalue weighted by molar-refractivity contribution is 5.82. The predicted molar refractivity (Wildman–Crippen MR) is 62.2 cm³/mol. The Morgan fingerprint density at radius 2 is 2.12 bits per heavy atom. The molecule has 1 heterocycles. The third-order valence-electron chi connectivity index (χ3n) is 3.63. The summed E-state index contributed by atoms with van der Waals surface area (Å²) >= 11 is 0.